The van der Waals surface area contributed by atoms with Gasteiger partial charge in [0.05, 0.1) is 17.5 Å². The van der Waals surface area contributed by atoms with Crippen LogP contribution in [0.15, 0.2) is 128 Å². The molecular weight excluding hydrogens is 480 g/mol. The van der Waals surface area contributed by atoms with Crippen molar-refractivity contribution in [3.8, 4) is 0 Å². The normalized spacial score (nSPS) is 11.8. The smallest absolute Gasteiger partial charge is 0.206 e. The molecular formula is C34H28N4O. The van der Waals surface area contributed by atoms with Crippen LogP contribution in [-0.4, -0.2) is 25.1 Å². The molecule has 0 N–H and O–H groups in total. The zero-order valence-corrected chi connectivity index (χ0v) is 21.9. The average molecular weight is 509 g/mol. The fraction of sp³-hybridized carbons (Fsp3) is 0.0882. The maximum Gasteiger partial charge on any atom is 0.206 e. The van der Waals surface area contributed by atoms with E-state index in [0.29, 0.717) is 5.69 Å². The van der Waals surface area contributed by atoms with Gasteiger partial charge in [0, 0.05) is 18.1 Å². The topological polar surface area (TPSA) is 52.7 Å². The molecule has 5 nitrogen and oxygen atoms in total. The van der Waals surface area contributed by atoms with E-state index in [2.05, 4.69) is 89.4 Å². The Morgan fingerprint density at radius 3 is 1.82 bits per heavy atom. The molecule has 0 bridgehead atoms. The molecule has 0 fully saturated rings. The number of carbonyl (C=O) groups excluding carboxylic acids is 1. The molecule has 5 heteroatoms. The van der Waals surface area contributed by atoms with Gasteiger partial charge >= 0.3 is 0 Å². The molecule has 0 saturated heterocycles. The van der Waals surface area contributed by atoms with Gasteiger partial charge in [-0.25, -0.2) is 4.98 Å². The van der Waals surface area contributed by atoms with Gasteiger partial charge in [-0.3, -0.25) is 9.48 Å². The summed E-state index contributed by atoms with van der Waals surface area (Å²) < 4.78 is 3.96. The lowest BCUT2D eigenvalue weighted by Crippen LogP contribution is -2.38. The summed E-state index contributed by atoms with van der Waals surface area (Å²) in [5.41, 5.74) is 5.74. The summed E-state index contributed by atoms with van der Waals surface area (Å²) in [6.07, 6.45) is 5.25. The Morgan fingerprint density at radius 2 is 1.26 bits per heavy atom. The molecule has 0 aliphatic heterocycles. The van der Waals surface area contributed by atoms with Crippen molar-refractivity contribution in [1.82, 2.24) is 19.3 Å². The summed E-state index contributed by atoms with van der Waals surface area (Å²) in [6.45, 7) is 2.05. The maximum atomic E-state index is 13.2. The molecule has 0 spiro atoms. The maximum absolute atomic E-state index is 13.2. The number of carbonyl (C=O) groups is 1. The summed E-state index contributed by atoms with van der Waals surface area (Å²) in [4.78, 5) is 18.0. The van der Waals surface area contributed by atoms with Crippen LogP contribution in [0.25, 0.3) is 17.0 Å². The highest BCUT2D eigenvalue weighted by molar-refractivity contribution is 6.13. The third-order valence-electron chi connectivity index (χ3n) is 7.36. The van der Waals surface area contributed by atoms with Crippen LogP contribution in [0, 0.1) is 6.92 Å². The van der Waals surface area contributed by atoms with Gasteiger partial charge < -0.3 is 4.57 Å². The predicted molar refractivity (Wildman–Crippen MR) is 156 cm³/mol. The molecule has 190 valence electrons. The Morgan fingerprint density at radius 1 is 0.744 bits per heavy atom. The summed E-state index contributed by atoms with van der Waals surface area (Å²) >= 11 is 0. The van der Waals surface area contributed by atoms with Gasteiger partial charge in [-0.2, -0.15) is 5.10 Å². The lowest BCUT2D eigenvalue weighted by Gasteiger charge is -2.38. The number of hydrogen-bond acceptors (Lipinski definition) is 3. The van der Waals surface area contributed by atoms with Crippen molar-refractivity contribution in [2.75, 3.05) is 0 Å². The van der Waals surface area contributed by atoms with E-state index < -0.39 is 5.54 Å². The summed E-state index contributed by atoms with van der Waals surface area (Å²) in [5, 5.41) is 5.32. The van der Waals surface area contributed by atoms with Crippen molar-refractivity contribution in [1.29, 1.82) is 0 Å². The Labute approximate surface area is 227 Å². The number of benzene rings is 4. The van der Waals surface area contributed by atoms with Crippen molar-refractivity contribution >= 4 is 22.8 Å². The van der Waals surface area contributed by atoms with Crippen molar-refractivity contribution in [2.24, 2.45) is 7.05 Å². The molecule has 0 unspecified atom stereocenters. The van der Waals surface area contributed by atoms with E-state index in [0.717, 1.165) is 39.0 Å². The summed E-state index contributed by atoms with van der Waals surface area (Å²) in [5.74, 6) is -0.152. The highest BCUT2D eigenvalue weighted by Crippen LogP contribution is 2.42. The largest absolute Gasteiger partial charge is 0.316 e. The monoisotopic (exact) mass is 508 g/mol. The Kier molecular flexibility index (Phi) is 6.25. The number of aryl methyl sites for hydroxylation is 1. The molecule has 6 rings (SSSR count). The minimum Gasteiger partial charge on any atom is -0.316 e. The third kappa shape index (κ3) is 4.09. The van der Waals surface area contributed by atoms with E-state index in [4.69, 9.17) is 4.98 Å². The first-order chi connectivity index (χ1) is 19.1. The third-order valence-corrected chi connectivity index (χ3v) is 7.36. The van der Waals surface area contributed by atoms with Gasteiger partial charge in [-0.05, 0) is 41.8 Å². The highest BCUT2D eigenvalue weighted by Gasteiger charge is 2.39. The Bertz CT molecular complexity index is 1680. The van der Waals surface area contributed by atoms with Crippen molar-refractivity contribution < 1.29 is 4.79 Å². The Balaban J connectivity index is 1.49. The van der Waals surface area contributed by atoms with Gasteiger partial charge in [0.25, 0.3) is 0 Å². The van der Waals surface area contributed by atoms with E-state index in [9.17, 15) is 4.79 Å². The van der Waals surface area contributed by atoms with Crippen LogP contribution in [0.5, 0.6) is 0 Å². The molecule has 0 aliphatic rings. The van der Waals surface area contributed by atoms with Gasteiger partial charge in [0.15, 0.2) is 0 Å². The van der Waals surface area contributed by atoms with Crippen LogP contribution in [0.4, 0.5) is 0 Å². The number of nitrogens with zero attached hydrogens (tertiary/aromatic N) is 4. The minimum atomic E-state index is -0.659. The second kappa shape index (κ2) is 10.0. The van der Waals surface area contributed by atoms with Crippen LogP contribution < -0.4 is 0 Å². The molecule has 4 aromatic carbocycles. The molecule has 0 amide bonds. The number of fused-ring (bicyclic) bond motifs is 1. The summed E-state index contributed by atoms with van der Waals surface area (Å²) in [6, 6.07) is 39.2. The number of rotatable bonds is 7. The first-order valence-electron chi connectivity index (χ1n) is 13.0. The summed E-state index contributed by atoms with van der Waals surface area (Å²) in [7, 11) is 1.85. The van der Waals surface area contributed by atoms with E-state index in [1.165, 1.54) is 0 Å². The first kappa shape index (κ1) is 24.3. The van der Waals surface area contributed by atoms with E-state index in [1.54, 1.807) is 16.8 Å². The van der Waals surface area contributed by atoms with Crippen molar-refractivity contribution in [2.45, 2.75) is 12.5 Å². The van der Waals surface area contributed by atoms with Gasteiger partial charge in [0.2, 0.25) is 5.78 Å². The van der Waals surface area contributed by atoms with Crippen LogP contribution in [0.2, 0.25) is 0 Å². The van der Waals surface area contributed by atoms with Gasteiger partial charge in [-0.15, -0.1) is 0 Å². The number of ketones is 1. The molecule has 2 aromatic heterocycles. The zero-order chi connectivity index (χ0) is 26.8. The Hall–Kier alpha value is -5.03. The lowest BCUT2D eigenvalue weighted by atomic mass is 9.76. The number of para-hydroxylation sites is 1. The van der Waals surface area contributed by atoms with Crippen LogP contribution in [0.1, 0.15) is 38.6 Å². The molecule has 2 heterocycles. The molecule has 6 aromatic rings. The van der Waals surface area contributed by atoms with Crippen LogP contribution in [-0.2, 0) is 12.6 Å². The first-order valence-corrected chi connectivity index (χ1v) is 13.0. The lowest BCUT2D eigenvalue weighted by molar-refractivity contribution is 0.104. The van der Waals surface area contributed by atoms with E-state index >= 15 is 0 Å². The van der Waals surface area contributed by atoms with E-state index in [-0.39, 0.29) is 5.78 Å². The molecule has 0 radical (unpaired) electrons. The molecule has 39 heavy (non-hydrogen) atoms. The average Bonchev–Trinajstić information content (AvgIpc) is 3.53. The predicted octanol–water partition coefficient (Wildman–Crippen LogP) is 6.81. The quantitative estimate of drug-likeness (QED) is 0.135. The standard InChI is InChI=1S/C34H28N4O/c1-25-30(22-23-32(39)33-29-20-12-13-21-31(29)37(2)36-33)35-24-38(25)34(26-14-6-3-7-15-26,27-16-8-4-9-17-27)28-18-10-5-11-19-28/h3-24H,1-2H3/b23-22+. The molecule has 0 atom stereocenters. The second-order valence-corrected chi connectivity index (χ2v) is 9.58. The highest BCUT2D eigenvalue weighted by atomic mass is 16.1. The number of aromatic nitrogens is 4. The second-order valence-electron chi connectivity index (χ2n) is 9.58. The zero-order valence-electron chi connectivity index (χ0n) is 21.9. The fourth-order valence-electron chi connectivity index (χ4n) is 5.51. The molecule has 0 aliphatic carbocycles. The SMILES string of the molecule is Cc1c(/C=C/C(=O)c2nn(C)c3ccccc23)ncn1C(c1ccccc1)(c1ccccc1)c1ccccc1. The van der Waals surface area contributed by atoms with Gasteiger partial charge in [0.1, 0.15) is 11.2 Å². The number of imidazole rings is 1. The number of hydrogen-bond donors (Lipinski definition) is 0. The molecule has 0 saturated carbocycles. The van der Waals surface area contributed by atoms with Crippen LogP contribution >= 0.6 is 0 Å². The van der Waals surface area contributed by atoms with Crippen LogP contribution in [0.3, 0.4) is 0 Å². The fourth-order valence-corrected chi connectivity index (χ4v) is 5.51. The minimum absolute atomic E-state index is 0.152. The van der Waals surface area contributed by atoms with Crippen molar-refractivity contribution in [3.63, 3.8) is 0 Å². The van der Waals surface area contributed by atoms with Gasteiger partial charge in [-0.1, -0.05) is 109 Å². The number of allylic oxidation sites excluding steroid dienone is 1. The van der Waals surface area contributed by atoms with E-state index in [1.807, 2.05) is 55.8 Å². The van der Waals surface area contributed by atoms with Crippen molar-refractivity contribution in [3.05, 3.63) is 161 Å².